The number of methoxy groups -OCH3 is 2. The summed E-state index contributed by atoms with van der Waals surface area (Å²) in [6, 6.07) is 18.1. The maximum atomic E-state index is 13.5. The van der Waals surface area contributed by atoms with Gasteiger partial charge in [-0.25, -0.2) is 4.98 Å². The lowest BCUT2D eigenvalue weighted by Crippen LogP contribution is -2.29. The molecule has 4 aromatic rings. The topological polar surface area (TPSA) is 98.2 Å². The number of hydrogen-bond donors (Lipinski definition) is 1. The van der Waals surface area contributed by atoms with Gasteiger partial charge in [-0.2, -0.15) is 0 Å². The predicted octanol–water partition coefficient (Wildman–Crippen LogP) is 5.50. The van der Waals surface area contributed by atoms with Gasteiger partial charge in [0.15, 0.2) is 5.13 Å². The van der Waals surface area contributed by atoms with Crippen molar-refractivity contribution in [2.75, 3.05) is 25.7 Å². The van der Waals surface area contributed by atoms with E-state index in [9.17, 15) is 14.7 Å². The summed E-state index contributed by atoms with van der Waals surface area (Å²) in [5.74, 6) is -0.107. The highest BCUT2D eigenvalue weighted by atomic mass is 32.1. The Labute approximate surface area is 223 Å². The zero-order chi connectivity index (χ0) is 26.8. The van der Waals surface area contributed by atoms with Crippen LogP contribution >= 0.6 is 11.3 Å². The molecular weight excluding hydrogens is 504 g/mol. The number of aromatic nitrogens is 1. The minimum atomic E-state index is -0.938. The second-order valence-electron chi connectivity index (χ2n) is 8.40. The molecule has 1 aromatic heterocycles. The van der Waals surface area contributed by atoms with Crippen molar-refractivity contribution in [3.63, 3.8) is 0 Å². The molecule has 0 spiro atoms. The summed E-state index contributed by atoms with van der Waals surface area (Å²) in [7, 11) is 3.11. The number of fused-ring (bicyclic) bond motifs is 1. The molecule has 0 aliphatic carbocycles. The minimum absolute atomic E-state index is 0.0436. The van der Waals surface area contributed by atoms with Crippen LogP contribution in [-0.2, 0) is 9.59 Å². The maximum Gasteiger partial charge on any atom is 0.301 e. The van der Waals surface area contributed by atoms with Crippen molar-refractivity contribution < 1.29 is 28.9 Å². The molecule has 192 valence electrons. The van der Waals surface area contributed by atoms with Crippen LogP contribution in [0.3, 0.4) is 0 Å². The smallest absolute Gasteiger partial charge is 0.301 e. The van der Waals surface area contributed by atoms with Crippen LogP contribution in [0, 0.1) is 0 Å². The van der Waals surface area contributed by atoms with Gasteiger partial charge in [0.05, 0.1) is 36.1 Å². The number of ether oxygens (including phenoxy) is 3. The lowest BCUT2D eigenvalue weighted by atomic mass is 9.95. The number of carbonyl (C=O) groups is 2. The average molecular weight is 529 g/mol. The molecule has 1 saturated heterocycles. The molecule has 0 radical (unpaired) electrons. The Morgan fingerprint density at radius 2 is 1.76 bits per heavy atom. The van der Waals surface area contributed by atoms with Gasteiger partial charge >= 0.3 is 5.91 Å². The van der Waals surface area contributed by atoms with Crippen LogP contribution in [-0.4, -0.2) is 42.6 Å². The average Bonchev–Trinajstić information content (AvgIpc) is 3.49. The Morgan fingerprint density at radius 3 is 2.47 bits per heavy atom. The number of Topliss-reactive ketones (excluding diaryl/α,β-unsaturated/α-hetero) is 1. The monoisotopic (exact) mass is 528 g/mol. The van der Waals surface area contributed by atoms with Gasteiger partial charge in [-0.1, -0.05) is 36.1 Å². The van der Waals surface area contributed by atoms with Gasteiger partial charge in [0.2, 0.25) is 0 Å². The Balaban J connectivity index is 1.69. The Morgan fingerprint density at radius 1 is 1.03 bits per heavy atom. The highest BCUT2D eigenvalue weighted by Gasteiger charge is 2.48. The predicted molar refractivity (Wildman–Crippen MR) is 146 cm³/mol. The van der Waals surface area contributed by atoms with Crippen LogP contribution in [0.5, 0.6) is 17.2 Å². The Hall–Kier alpha value is -4.63. The van der Waals surface area contributed by atoms with Gasteiger partial charge in [-0.05, 0) is 60.2 Å². The van der Waals surface area contributed by atoms with Crippen molar-refractivity contribution in [1.29, 1.82) is 0 Å². The molecule has 1 unspecified atom stereocenters. The number of amides is 1. The molecule has 0 saturated carbocycles. The molecule has 8 nitrogen and oxygen atoms in total. The van der Waals surface area contributed by atoms with Crippen molar-refractivity contribution in [3.8, 4) is 17.2 Å². The number of ketones is 1. The third-order valence-electron chi connectivity index (χ3n) is 6.14. The van der Waals surface area contributed by atoms with Gasteiger partial charge in [-0.3, -0.25) is 14.5 Å². The highest BCUT2D eigenvalue weighted by molar-refractivity contribution is 7.22. The molecule has 1 N–H and O–H groups in total. The number of hydrogen-bond acceptors (Lipinski definition) is 8. The molecule has 1 fully saturated rings. The molecule has 1 aliphatic heterocycles. The molecule has 3 aromatic carbocycles. The van der Waals surface area contributed by atoms with Crippen molar-refractivity contribution >= 4 is 44.1 Å². The number of rotatable bonds is 8. The summed E-state index contributed by atoms with van der Waals surface area (Å²) in [5.41, 5.74) is 1.57. The van der Waals surface area contributed by atoms with E-state index in [-0.39, 0.29) is 17.9 Å². The van der Waals surface area contributed by atoms with E-state index in [0.717, 1.165) is 4.70 Å². The third-order valence-corrected chi connectivity index (χ3v) is 7.16. The van der Waals surface area contributed by atoms with E-state index in [4.69, 9.17) is 14.2 Å². The second-order valence-corrected chi connectivity index (χ2v) is 9.41. The summed E-state index contributed by atoms with van der Waals surface area (Å²) >= 11 is 1.26. The van der Waals surface area contributed by atoms with Crippen molar-refractivity contribution in [3.05, 3.63) is 96.1 Å². The highest BCUT2D eigenvalue weighted by Crippen LogP contribution is 2.45. The number of thiazole rings is 1. The van der Waals surface area contributed by atoms with E-state index in [1.807, 2.05) is 6.07 Å². The molecule has 1 aliphatic rings. The van der Waals surface area contributed by atoms with Gasteiger partial charge in [-0.15, -0.1) is 0 Å². The van der Waals surface area contributed by atoms with Crippen LogP contribution in [0.25, 0.3) is 16.0 Å². The van der Waals surface area contributed by atoms with E-state index in [0.29, 0.717) is 39.0 Å². The van der Waals surface area contributed by atoms with E-state index in [2.05, 4.69) is 11.6 Å². The van der Waals surface area contributed by atoms with E-state index >= 15 is 0 Å². The van der Waals surface area contributed by atoms with Crippen molar-refractivity contribution in [2.45, 2.75) is 6.04 Å². The van der Waals surface area contributed by atoms with Crippen molar-refractivity contribution in [1.82, 2.24) is 4.98 Å². The van der Waals surface area contributed by atoms with Gasteiger partial charge in [0, 0.05) is 5.56 Å². The van der Waals surface area contributed by atoms with Gasteiger partial charge in [0.1, 0.15) is 29.6 Å². The molecule has 9 heteroatoms. The number of aliphatic hydroxyl groups is 1. The molecule has 5 rings (SSSR count). The van der Waals surface area contributed by atoms with E-state index in [1.54, 1.807) is 73.8 Å². The fraction of sp³-hybridized carbons (Fsp3) is 0.138. The SMILES string of the molecule is C=CCOc1cccc(C2/C(=C(\O)c3ccc(OC)cc3)C(=O)C(=O)N2c2nc3ccc(OC)cc3s2)c1. The van der Waals surface area contributed by atoms with Crippen LogP contribution in [0.15, 0.2) is 85.0 Å². The summed E-state index contributed by atoms with van der Waals surface area (Å²) in [6.07, 6.45) is 1.62. The number of aliphatic hydroxyl groups excluding tert-OH is 1. The van der Waals surface area contributed by atoms with E-state index in [1.165, 1.54) is 23.3 Å². The van der Waals surface area contributed by atoms with Crippen LogP contribution < -0.4 is 19.1 Å². The molecule has 0 bridgehead atoms. The second kappa shape index (κ2) is 10.4. The largest absolute Gasteiger partial charge is 0.507 e. The summed E-state index contributed by atoms with van der Waals surface area (Å²) in [4.78, 5) is 32.9. The molecule has 1 amide bonds. The fourth-order valence-electron chi connectivity index (χ4n) is 4.30. The van der Waals surface area contributed by atoms with Crippen LogP contribution in [0.1, 0.15) is 17.2 Å². The first-order valence-corrected chi connectivity index (χ1v) is 12.5. The minimum Gasteiger partial charge on any atom is -0.507 e. The van der Waals surface area contributed by atoms with Crippen LogP contribution in [0.4, 0.5) is 5.13 Å². The zero-order valence-electron chi connectivity index (χ0n) is 20.7. The zero-order valence-corrected chi connectivity index (χ0v) is 21.5. The first-order chi connectivity index (χ1) is 18.4. The van der Waals surface area contributed by atoms with Crippen molar-refractivity contribution in [2.24, 2.45) is 0 Å². The summed E-state index contributed by atoms with van der Waals surface area (Å²) in [5, 5.41) is 11.7. The van der Waals surface area contributed by atoms with Gasteiger partial charge < -0.3 is 19.3 Å². The number of nitrogens with zero attached hydrogens (tertiary/aromatic N) is 2. The molecular formula is C29H24N2O6S. The lowest BCUT2D eigenvalue weighted by Gasteiger charge is -2.23. The standard InChI is InChI=1S/C29H24N2O6S/c1-4-14-37-21-7-5-6-18(15-21)25-24(26(32)17-8-10-19(35-2)11-9-17)27(33)28(34)31(25)29-30-22-13-12-20(36-3)16-23(22)38-29/h4-13,15-16,25,32H,1,14H2,2-3H3/b26-24+. The number of anilines is 1. The summed E-state index contributed by atoms with van der Waals surface area (Å²) < 4.78 is 17.0. The fourth-order valence-corrected chi connectivity index (χ4v) is 5.32. The molecule has 1 atom stereocenters. The first-order valence-electron chi connectivity index (χ1n) is 11.7. The quantitative estimate of drug-likeness (QED) is 0.139. The third kappa shape index (κ3) is 4.48. The molecule has 2 heterocycles. The Kier molecular flexibility index (Phi) is 6.85. The van der Waals surface area contributed by atoms with Crippen LogP contribution in [0.2, 0.25) is 0 Å². The molecule has 38 heavy (non-hydrogen) atoms. The summed E-state index contributed by atoms with van der Waals surface area (Å²) in [6.45, 7) is 3.96. The van der Waals surface area contributed by atoms with Gasteiger partial charge in [0.25, 0.3) is 5.78 Å². The first kappa shape index (κ1) is 25.0. The van der Waals surface area contributed by atoms with E-state index < -0.39 is 17.7 Å². The lowest BCUT2D eigenvalue weighted by molar-refractivity contribution is -0.132. The normalized spacial score (nSPS) is 16.6. The number of carbonyl (C=O) groups excluding carboxylic acids is 2. The maximum absolute atomic E-state index is 13.5. The number of benzene rings is 3. The Bertz CT molecular complexity index is 1570.